The van der Waals surface area contributed by atoms with Crippen LogP contribution in [0.3, 0.4) is 0 Å². The lowest BCUT2D eigenvalue weighted by molar-refractivity contribution is 0.497. The molecular formula is C11H21N3. The van der Waals surface area contributed by atoms with Crippen LogP contribution in [-0.4, -0.2) is 23.4 Å². The Morgan fingerprint density at radius 1 is 1.57 bits per heavy atom. The largest absolute Gasteiger partial charge is 0.320 e. The monoisotopic (exact) mass is 195 g/mol. The first-order chi connectivity index (χ1) is 6.63. The normalized spacial score (nSPS) is 13.1. The first kappa shape index (κ1) is 11.2. The van der Waals surface area contributed by atoms with Gasteiger partial charge in [-0.25, -0.2) is 0 Å². The van der Waals surface area contributed by atoms with E-state index in [2.05, 4.69) is 23.4 Å². The van der Waals surface area contributed by atoms with Crippen molar-refractivity contribution < 1.29 is 0 Å². The summed E-state index contributed by atoms with van der Waals surface area (Å²) in [5.74, 6) is 0.720. The minimum Gasteiger partial charge on any atom is -0.320 e. The van der Waals surface area contributed by atoms with E-state index in [1.165, 1.54) is 12.1 Å². The van der Waals surface area contributed by atoms with Crippen LogP contribution >= 0.6 is 0 Å². The standard InChI is InChI=1S/C11H21N3/c1-9(5-6-12-3)7-11-8-10(2)13-14(11)4/h8-9,12H,5-7H2,1-4H3. The minimum atomic E-state index is 0.720. The Morgan fingerprint density at radius 3 is 2.79 bits per heavy atom. The van der Waals surface area contributed by atoms with Gasteiger partial charge in [0.1, 0.15) is 0 Å². The van der Waals surface area contributed by atoms with E-state index in [1.54, 1.807) is 0 Å². The summed E-state index contributed by atoms with van der Waals surface area (Å²) in [7, 11) is 4.02. The second kappa shape index (κ2) is 5.15. The predicted octanol–water partition coefficient (Wildman–Crippen LogP) is 1.52. The summed E-state index contributed by atoms with van der Waals surface area (Å²) in [5, 5.41) is 7.53. The van der Waals surface area contributed by atoms with Gasteiger partial charge >= 0.3 is 0 Å². The molecule has 80 valence electrons. The van der Waals surface area contributed by atoms with Crippen LogP contribution < -0.4 is 5.32 Å². The van der Waals surface area contributed by atoms with Gasteiger partial charge in [-0.15, -0.1) is 0 Å². The van der Waals surface area contributed by atoms with Crippen LogP contribution in [0.15, 0.2) is 6.07 Å². The van der Waals surface area contributed by atoms with Crippen LogP contribution in [-0.2, 0) is 13.5 Å². The lowest BCUT2D eigenvalue weighted by Crippen LogP contribution is -2.13. The van der Waals surface area contributed by atoms with Gasteiger partial charge in [0, 0.05) is 12.7 Å². The number of nitrogens with zero attached hydrogens (tertiary/aromatic N) is 2. The molecule has 3 nitrogen and oxygen atoms in total. The molecule has 0 radical (unpaired) electrons. The Kier molecular flexibility index (Phi) is 4.14. The molecule has 0 aromatic carbocycles. The summed E-state index contributed by atoms with van der Waals surface area (Å²) in [6, 6.07) is 2.18. The SMILES string of the molecule is CNCCC(C)Cc1cc(C)nn1C. The molecule has 0 amide bonds. The van der Waals surface area contributed by atoms with Gasteiger partial charge in [-0.3, -0.25) is 4.68 Å². The summed E-state index contributed by atoms with van der Waals surface area (Å²) in [4.78, 5) is 0. The third-order valence-corrected chi connectivity index (χ3v) is 2.54. The fourth-order valence-electron chi connectivity index (χ4n) is 1.71. The Bertz CT molecular complexity index is 278. The predicted molar refractivity (Wildman–Crippen MR) is 59.4 cm³/mol. The van der Waals surface area contributed by atoms with E-state index in [4.69, 9.17) is 0 Å². The third-order valence-electron chi connectivity index (χ3n) is 2.54. The van der Waals surface area contributed by atoms with Crippen LogP contribution in [0.2, 0.25) is 0 Å². The van der Waals surface area contributed by atoms with Crippen LogP contribution in [0, 0.1) is 12.8 Å². The minimum absolute atomic E-state index is 0.720. The third kappa shape index (κ3) is 3.14. The molecule has 14 heavy (non-hydrogen) atoms. The Morgan fingerprint density at radius 2 is 2.29 bits per heavy atom. The molecule has 1 rings (SSSR count). The van der Waals surface area contributed by atoms with Crippen molar-refractivity contribution in [1.82, 2.24) is 15.1 Å². The molecule has 0 saturated carbocycles. The van der Waals surface area contributed by atoms with Crippen molar-refractivity contribution in [2.75, 3.05) is 13.6 Å². The van der Waals surface area contributed by atoms with Crippen molar-refractivity contribution in [3.05, 3.63) is 17.5 Å². The first-order valence-electron chi connectivity index (χ1n) is 5.27. The first-order valence-corrected chi connectivity index (χ1v) is 5.27. The highest BCUT2D eigenvalue weighted by Gasteiger charge is 2.07. The molecule has 1 N–H and O–H groups in total. The molecule has 1 aromatic heterocycles. The van der Waals surface area contributed by atoms with Crippen molar-refractivity contribution in [1.29, 1.82) is 0 Å². The van der Waals surface area contributed by atoms with Gasteiger partial charge in [0.2, 0.25) is 0 Å². The Hall–Kier alpha value is -0.830. The molecular weight excluding hydrogens is 174 g/mol. The van der Waals surface area contributed by atoms with Gasteiger partial charge in [0.25, 0.3) is 0 Å². The van der Waals surface area contributed by atoms with Gasteiger partial charge in [-0.1, -0.05) is 6.92 Å². The van der Waals surface area contributed by atoms with Crippen molar-refractivity contribution in [3.63, 3.8) is 0 Å². The molecule has 0 fully saturated rings. The number of aromatic nitrogens is 2. The van der Waals surface area contributed by atoms with E-state index >= 15 is 0 Å². The summed E-state index contributed by atoms with van der Waals surface area (Å²) < 4.78 is 1.99. The molecule has 0 aliphatic carbocycles. The van der Waals surface area contributed by atoms with Gasteiger partial charge in [-0.2, -0.15) is 5.10 Å². The Labute approximate surface area is 86.5 Å². The molecule has 1 heterocycles. The molecule has 0 saturated heterocycles. The molecule has 0 aliphatic rings. The maximum atomic E-state index is 4.35. The van der Waals surface area contributed by atoms with Gasteiger partial charge in [0.15, 0.2) is 0 Å². The average Bonchev–Trinajstić information content (AvgIpc) is 2.42. The zero-order valence-corrected chi connectivity index (χ0v) is 9.67. The van der Waals surface area contributed by atoms with Gasteiger partial charge in [0.05, 0.1) is 5.69 Å². The lowest BCUT2D eigenvalue weighted by Gasteiger charge is -2.10. The van der Waals surface area contributed by atoms with Crippen molar-refractivity contribution in [3.8, 4) is 0 Å². The zero-order valence-electron chi connectivity index (χ0n) is 9.67. The number of hydrogen-bond acceptors (Lipinski definition) is 2. The summed E-state index contributed by atoms with van der Waals surface area (Å²) in [6.07, 6.45) is 2.35. The van der Waals surface area contributed by atoms with Crippen LogP contribution in [0.1, 0.15) is 24.7 Å². The van der Waals surface area contributed by atoms with E-state index < -0.39 is 0 Å². The number of hydrogen-bond donors (Lipinski definition) is 1. The quantitative estimate of drug-likeness (QED) is 0.772. The van der Waals surface area contributed by atoms with Crippen molar-refractivity contribution in [2.24, 2.45) is 13.0 Å². The average molecular weight is 195 g/mol. The van der Waals surface area contributed by atoms with E-state index in [9.17, 15) is 0 Å². The van der Waals surface area contributed by atoms with Crippen LogP contribution in [0.4, 0.5) is 0 Å². The van der Waals surface area contributed by atoms with Crippen LogP contribution in [0.5, 0.6) is 0 Å². The van der Waals surface area contributed by atoms with Gasteiger partial charge in [-0.05, 0) is 45.3 Å². The summed E-state index contributed by atoms with van der Waals surface area (Å²) >= 11 is 0. The van der Waals surface area contributed by atoms with Crippen molar-refractivity contribution in [2.45, 2.75) is 26.7 Å². The summed E-state index contributed by atoms with van der Waals surface area (Å²) in [6.45, 7) is 5.43. The van der Waals surface area contributed by atoms with E-state index in [1.807, 2.05) is 25.7 Å². The number of nitrogens with one attached hydrogen (secondary N) is 1. The fraction of sp³-hybridized carbons (Fsp3) is 0.727. The summed E-state index contributed by atoms with van der Waals surface area (Å²) in [5.41, 5.74) is 2.45. The molecule has 1 unspecified atom stereocenters. The topological polar surface area (TPSA) is 29.9 Å². The molecule has 0 spiro atoms. The van der Waals surface area contributed by atoms with E-state index in [0.29, 0.717) is 0 Å². The number of aryl methyl sites for hydroxylation is 2. The smallest absolute Gasteiger partial charge is 0.0596 e. The highest BCUT2D eigenvalue weighted by atomic mass is 15.3. The highest BCUT2D eigenvalue weighted by molar-refractivity contribution is 5.09. The van der Waals surface area contributed by atoms with Crippen LogP contribution in [0.25, 0.3) is 0 Å². The second-order valence-corrected chi connectivity index (χ2v) is 4.10. The fourth-order valence-corrected chi connectivity index (χ4v) is 1.71. The van der Waals surface area contributed by atoms with Gasteiger partial charge < -0.3 is 5.32 Å². The molecule has 3 heteroatoms. The maximum Gasteiger partial charge on any atom is 0.0596 e. The molecule has 0 aliphatic heterocycles. The van der Waals surface area contributed by atoms with E-state index in [-0.39, 0.29) is 0 Å². The van der Waals surface area contributed by atoms with Crippen molar-refractivity contribution >= 4 is 0 Å². The maximum absolute atomic E-state index is 4.35. The molecule has 1 aromatic rings. The number of rotatable bonds is 5. The zero-order chi connectivity index (χ0) is 10.6. The molecule has 1 atom stereocenters. The second-order valence-electron chi connectivity index (χ2n) is 4.10. The Balaban J connectivity index is 2.47. The van der Waals surface area contributed by atoms with E-state index in [0.717, 1.165) is 24.6 Å². The molecule has 0 bridgehead atoms. The highest BCUT2D eigenvalue weighted by Crippen LogP contribution is 2.11. The lowest BCUT2D eigenvalue weighted by atomic mass is 10.0.